The average Bonchev–Trinajstić information content (AvgIpc) is 2.75. The van der Waals surface area contributed by atoms with Gasteiger partial charge in [-0.3, -0.25) is 9.79 Å². The van der Waals surface area contributed by atoms with Gasteiger partial charge in [-0.1, -0.05) is 57.2 Å². The summed E-state index contributed by atoms with van der Waals surface area (Å²) in [6.07, 6.45) is 1.87. The van der Waals surface area contributed by atoms with Crippen molar-refractivity contribution < 1.29 is 4.79 Å². The maximum absolute atomic E-state index is 12.1. The lowest BCUT2D eigenvalue weighted by atomic mass is 9.84. The fraction of sp³-hybridized carbons (Fsp3) is 0.440. The van der Waals surface area contributed by atoms with Gasteiger partial charge >= 0.3 is 0 Å². The molecule has 31 heavy (non-hydrogen) atoms. The highest BCUT2D eigenvalue weighted by Gasteiger charge is 2.20. The second-order valence-corrected chi connectivity index (χ2v) is 8.44. The fourth-order valence-corrected chi connectivity index (χ4v) is 3.26. The summed E-state index contributed by atoms with van der Waals surface area (Å²) >= 11 is 0. The first-order valence-electron chi connectivity index (χ1n) is 10.6. The molecule has 0 aromatic heterocycles. The van der Waals surface area contributed by atoms with Crippen molar-refractivity contribution in [2.24, 2.45) is 4.99 Å². The Bertz CT molecular complexity index is 860. The lowest BCUT2D eigenvalue weighted by molar-refractivity contribution is 0.0827. The first-order valence-corrected chi connectivity index (χ1v) is 10.6. The lowest BCUT2D eigenvalue weighted by Crippen LogP contribution is -2.44. The normalized spacial score (nSPS) is 11.5. The van der Waals surface area contributed by atoms with E-state index in [4.69, 9.17) is 0 Å². The minimum Gasteiger partial charge on any atom is -0.356 e. The van der Waals surface area contributed by atoms with Gasteiger partial charge in [-0.05, 0) is 41.7 Å². The van der Waals surface area contributed by atoms with Crippen molar-refractivity contribution in [3.8, 4) is 0 Å². The third-order valence-corrected chi connectivity index (χ3v) is 5.35. The van der Waals surface area contributed by atoms with Crippen molar-refractivity contribution in [1.29, 1.82) is 0 Å². The molecule has 2 aromatic rings. The molecule has 1 amide bonds. The number of nitrogens with zero attached hydrogens (tertiary/aromatic N) is 2. The van der Waals surface area contributed by atoms with E-state index in [-0.39, 0.29) is 35.3 Å². The van der Waals surface area contributed by atoms with Gasteiger partial charge in [-0.15, -0.1) is 24.0 Å². The number of guanidine groups is 1. The molecular weight excluding hydrogens is 499 g/mol. The summed E-state index contributed by atoms with van der Waals surface area (Å²) in [6, 6.07) is 16.7. The molecule has 0 fully saturated rings. The molecule has 2 aromatic carbocycles. The van der Waals surface area contributed by atoms with Crippen LogP contribution in [-0.4, -0.2) is 51.0 Å². The summed E-state index contributed by atoms with van der Waals surface area (Å²) in [5, 5.41) is 6.82. The number of nitrogens with one attached hydrogen (secondary N) is 2. The number of carbonyl (C=O) groups excluding carboxylic acids is 1. The molecule has 0 aliphatic heterocycles. The third kappa shape index (κ3) is 8.16. The van der Waals surface area contributed by atoms with Crippen LogP contribution < -0.4 is 10.6 Å². The Morgan fingerprint density at radius 3 is 2.29 bits per heavy atom. The average molecular weight is 537 g/mol. The summed E-state index contributed by atoms with van der Waals surface area (Å²) in [5.74, 6) is 0.810. The standard InChI is InChI=1S/C25H36N4O.HI/c1-7-19-11-13-22(14-12-19)25(2,3)18-28-24(26-4)27-16-15-20-9-8-10-21(17-20)23(30)29(5)6;/h8-14,17H,7,15-16,18H2,1-6H3,(H2,26,27,28);1H. The van der Waals surface area contributed by atoms with E-state index in [1.54, 1.807) is 26.0 Å². The zero-order valence-electron chi connectivity index (χ0n) is 19.7. The number of hydrogen-bond acceptors (Lipinski definition) is 2. The van der Waals surface area contributed by atoms with Gasteiger partial charge in [0, 0.05) is 45.2 Å². The molecule has 5 nitrogen and oxygen atoms in total. The number of hydrogen-bond donors (Lipinski definition) is 2. The highest BCUT2D eigenvalue weighted by atomic mass is 127. The quantitative estimate of drug-likeness (QED) is 0.301. The van der Waals surface area contributed by atoms with Crippen LogP contribution in [0.3, 0.4) is 0 Å². The lowest BCUT2D eigenvalue weighted by Gasteiger charge is -2.27. The van der Waals surface area contributed by atoms with Gasteiger partial charge in [0.05, 0.1) is 0 Å². The number of rotatable bonds is 8. The smallest absolute Gasteiger partial charge is 0.253 e. The van der Waals surface area contributed by atoms with Crippen LogP contribution in [0.5, 0.6) is 0 Å². The molecule has 170 valence electrons. The molecule has 2 N–H and O–H groups in total. The summed E-state index contributed by atoms with van der Waals surface area (Å²) in [7, 11) is 5.33. The maximum Gasteiger partial charge on any atom is 0.253 e. The summed E-state index contributed by atoms with van der Waals surface area (Å²) in [4.78, 5) is 18.1. The number of amides is 1. The molecule has 2 rings (SSSR count). The molecule has 0 radical (unpaired) electrons. The van der Waals surface area contributed by atoms with Crippen molar-refractivity contribution in [3.05, 3.63) is 70.8 Å². The largest absolute Gasteiger partial charge is 0.356 e. The topological polar surface area (TPSA) is 56.7 Å². The number of halogens is 1. The van der Waals surface area contributed by atoms with E-state index >= 15 is 0 Å². The van der Waals surface area contributed by atoms with Gasteiger partial charge in [0.25, 0.3) is 5.91 Å². The van der Waals surface area contributed by atoms with E-state index in [0.717, 1.165) is 43.0 Å². The first-order chi connectivity index (χ1) is 14.3. The second-order valence-electron chi connectivity index (χ2n) is 8.44. The first kappa shape index (κ1) is 26.9. The predicted octanol–water partition coefficient (Wildman–Crippen LogP) is 4.25. The van der Waals surface area contributed by atoms with Crippen molar-refractivity contribution in [1.82, 2.24) is 15.5 Å². The molecule has 0 aliphatic rings. The number of carbonyl (C=O) groups is 1. The van der Waals surface area contributed by atoms with Crippen LogP contribution >= 0.6 is 24.0 Å². The van der Waals surface area contributed by atoms with Crippen molar-refractivity contribution in [2.45, 2.75) is 39.0 Å². The Kier molecular flexibility index (Phi) is 11.0. The number of aliphatic imine (C=N–C) groups is 1. The molecule has 0 bridgehead atoms. The Hall–Kier alpha value is -2.09. The SMILES string of the molecule is CCc1ccc(C(C)(C)CNC(=NC)NCCc2cccc(C(=O)N(C)C)c2)cc1.I. The molecule has 0 aliphatic carbocycles. The zero-order chi connectivity index (χ0) is 22.1. The molecule has 0 atom stereocenters. The Morgan fingerprint density at radius 2 is 1.71 bits per heavy atom. The molecular formula is C25H37IN4O. The third-order valence-electron chi connectivity index (χ3n) is 5.35. The van der Waals surface area contributed by atoms with Crippen LogP contribution in [-0.2, 0) is 18.3 Å². The van der Waals surface area contributed by atoms with Crippen LogP contribution in [0.25, 0.3) is 0 Å². The van der Waals surface area contributed by atoms with E-state index in [9.17, 15) is 4.79 Å². The van der Waals surface area contributed by atoms with E-state index in [2.05, 4.69) is 60.7 Å². The molecule has 0 heterocycles. The Morgan fingerprint density at radius 1 is 1.03 bits per heavy atom. The van der Waals surface area contributed by atoms with E-state index in [1.807, 2.05) is 24.3 Å². The minimum atomic E-state index is -0.00916. The summed E-state index contributed by atoms with van der Waals surface area (Å²) in [6.45, 7) is 8.17. The van der Waals surface area contributed by atoms with Gasteiger partial charge in [-0.25, -0.2) is 0 Å². The van der Waals surface area contributed by atoms with Crippen LogP contribution in [0.15, 0.2) is 53.5 Å². The highest BCUT2D eigenvalue weighted by Crippen LogP contribution is 2.22. The molecule has 0 saturated carbocycles. The van der Waals surface area contributed by atoms with Crippen LogP contribution in [0, 0.1) is 0 Å². The summed E-state index contributed by atoms with van der Waals surface area (Å²) in [5.41, 5.74) is 4.50. The van der Waals surface area contributed by atoms with E-state index < -0.39 is 0 Å². The second kappa shape index (κ2) is 12.7. The Balaban J connectivity index is 0.00000480. The van der Waals surface area contributed by atoms with E-state index in [0.29, 0.717) is 0 Å². The molecule has 0 unspecified atom stereocenters. The molecule has 0 spiro atoms. The molecule has 6 heteroatoms. The van der Waals surface area contributed by atoms with Gasteiger partial charge in [0.15, 0.2) is 5.96 Å². The predicted molar refractivity (Wildman–Crippen MR) is 142 cm³/mol. The molecule has 0 saturated heterocycles. The number of aryl methyl sites for hydroxylation is 1. The minimum absolute atomic E-state index is 0. The van der Waals surface area contributed by atoms with Gasteiger partial charge in [0.1, 0.15) is 0 Å². The fourth-order valence-electron chi connectivity index (χ4n) is 3.26. The van der Waals surface area contributed by atoms with Gasteiger partial charge < -0.3 is 15.5 Å². The van der Waals surface area contributed by atoms with Gasteiger partial charge in [0.2, 0.25) is 0 Å². The van der Waals surface area contributed by atoms with Crippen LogP contribution in [0.2, 0.25) is 0 Å². The maximum atomic E-state index is 12.1. The summed E-state index contributed by atoms with van der Waals surface area (Å²) < 4.78 is 0. The highest BCUT2D eigenvalue weighted by molar-refractivity contribution is 14.0. The zero-order valence-corrected chi connectivity index (χ0v) is 22.0. The van der Waals surface area contributed by atoms with Gasteiger partial charge in [-0.2, -0.15) is 0 Å². The number of benzene rings is 2. The monoisotopic (exact) mass is 536 g/mol. The van der Waals surface area contributed by atoms with E-state index in [1.165, 1.54) is 11.1 Å². The Labute approximate surface area is 204 Å². The van der Waals surface area contributed by atoms with Crippen molar-refractivity contribution in [2.75, 3.05) is 34.2 Å². The van der Waals surface area contributed by atoms with Crippen molar-refractivity contribution >= 4 is 35.8 Å². The van der Waals surface area contributed by atoms with Crippen LogP contribution in [0.4, 0.5) is 0 Å². The van der Waals surface area contributed by atoms with Crippen LogP contribution in [0.1, 0.15) is 47.8 Å². The van der Waals surface area contributed by atoms with Crippen molar-refractivity contribution in [3.63, 3.8) is 0 Å².